The van der Waals surface area contributed by atoms with Gasteiger partial charge in [0.05, 0.1) is 20.8 Å². The van der Waals surface area contributed by atoms with E-state index in [0.717, 1.165) is 49.3 Å². The van der Waals surface area contributed by atoms with Crippen molar-refractivity contribution in [3.05, 3.63) is 23.0 Å². The molecule has 1 atom stereocenters. The van der Waals surface area contributed by atoms with Gasteiger partial charge in [-0.2, -0.15) is 0 Å². The Hall–Kier alpha value is -1.78. The fourth-order valence-corrected chi connectivity index (χ4v) is 3.22. The lowest BCUT2D eigenvalue weighted by Gasteiger charge is -2.28. The van der Waals surface area contributed by atoms with Crippen LogP contribution in [0.5, 0.6) is 11.5 Å². The molecule has 1 aromatic carbocycles. The minimum atomic E-state index is -0.223. The molecule has 1 N–H and O–H groups in total. The molecule has 108 valence electrons. The van der Waals surface area contributed by atoms with E-state index in [9.17, 15) is 4.39 Å². The topological polar surface area (TPSA) is 42.9 Å². The number of rotatable bonds is 3. The van der Waals surface area contributed by atoms with Gasteiger partial charge in [0.2, 0.25) is 0 Å². The molecule has 1 aromatic rings. The van der Waals surface area contributed by atoms with Crippen molar-refractivity contribution in [2.45, 2.75) is 25.2 Å². The van der Waals surface area contributed by atoms with Crippen LogP contribution in [0.25, 0.3) is 0 Å². The Morgan fingerprint density at radius 3 is 2.85 bits per heavy atom. The van der Waals surface area contributed by atoms with Crippen LogP contribution in [0, 0.1) is 5.82 Å². The first-order chi connectivity index (χ1) is 9.76. The van der Waals surface area contributed by atoms with Gasteiger partial charge in [-0.3, -0.25) is 4.99 Å². The van der Waals surface area contributed by atoms with Gasteiger partial charge < -0.3 is 14.8 Å². The molecule has 4 nitrogen and oxygen atoms in total. The second kappa shape index (κ2) is 5.31. The first-order valence-corrected chi connectivity index (χ1v) is 6.97. The summed E-state index contributed by atoms with van der Waals surface area (Å²) in [6.45, 7) is 1.62. The SMILES string of the molecule is COc1cc(F)c2c(c1OC)CCCC2C1=NCCN1. The largest absolute Gasteiger partial charge is 0.493 e. The van der Waals surface area contributed by atoms with Crippen molar-refractivity contribution >= 4 is 5.84 Å². The molecule has 2 aliphatic rings. The quantitative estimate of drug-likeness (QED) is 0.922. The van der Waals surface area contributed by atoms with Crippen LogP contribution in [-0.2, 0) is 6.42 Å². The van der Waals surface area contributed by atoms with Crippen molar-refractivity contribution in [1.82, 2.24) is 5.32 Å². The van der Waals surface area contributed by atoms with Crippen LogP contribution in [0.1, 0.15) is 29.9 Å². The molecule has 0 fully saturated rings. The normalized spacial score (nSPS) is 20.9. The third kappa shape index (κ3) is 2.01. The number of nitrogens with one attached hydrogen (secondary N) is 1. The smallest absolute Gasteiger partial charge is 0.164 e. The maximum atomic E-state index is 14.5. The van der Waals surface area contributed by atoms with Crippen LogP contribution in [0.15, 0.2) is 11.1 Å². The molecule has 0 aromatic heterocycles. The summed E-state index contributed by atoms with van der Waals surface area (Å²) >= 11 is 0. The fraction of sp³-hybridized carbons (Fsp3) is 0.533. The molecule has 0 saturated carbocycles. The number of ether oxygens (including phenoxy) is 2. The number of nitrogens with zero attached hydrogens (tertiary/aromatic N) is 1. The zero-order valence-corrected chi connectivity index (χ0v) is 11.8. The fourth-order valence-electron chi connectivity index (χ4n) is 3.22. The molecule has 1 heterocycles. The summed E-state index contributed by atoms with van der Waals surface area (Å²) in [5.41, 5.74) is 1.65. The Morgan fingerprint density at radius 2 is 2.20 bits per heavy atom. The van der Waals surface area contributed by atoms with Gasteiger partial charge in [0.1, 0.15) is 11.7 Å². The molecular formula is C15H19FN2O2. The Bertz CT molecular complexity index is 557. The first kappa shape index (κ1) is 13.2. The van der Waals surface area contributed by atoms with Crippen molar-refractivity contribution in [2.75, 3.05) is 27.3 Å². The summed E-state index contributed by atoms with van der Waals surface area (Å²) in [5, 5.41) is 3.27. The monoisotopic (exact) mass is 278 g/mol. The highest BCUT2D eigenvalue weighted by Crippen LogP contribution is 2.43. The summed E-state index contributed by atoms with van der Waals surface area (Å²) in [7, 11) is 3.14. The van der Waals surface area contributed by atoms with Gasteiger partial charge in [-0.15, -0.1) is 0 Å². The highest BCUT2D eigenvalue weighted by atomic mass is 19.1. The number of methoxy groups -OCH3 is 2. The predicted octanol–water partition coefficient (Wildman–Crippen LogP) is 2.26. The summed E-state index contributed by atoms with van der Waals surface area (Å²) in [6, 6.07) is 1.42. The molecule has 0 saturated heterocycles. The summed E-state index contributed by atoms with van der Waals surface area (Å²) in [6.07, 6.45) is 2.74. The Labute approximate surface area is 118 Å². The van der Waals surface area contributed by atoms with Crippen LogP contribution < -0.4 is 14.8 Å². The highest BCUT2D eigenvalue weighted by molar-refractivity contribution is 5.91. The maximum Gasteiger partial charge on any atom is 0.164 e. The van der Waals surface area contributed by atoms with Crippen LogP contribution in [0.4, 0.5) is 4.39 Å². The van der Waals surface area contributed by atoms with Crippen molar-refractivity contribution in [3.8, 4) is 11.5 Å². The third-order valence-corrected chi connectivity index (χ3v) is 4.06. The Morgan fingerprint density at radius 1 is 1.35 bits per heavy atom. The van der Waals surface area contributed by atoms with E-state index in [2.05, 4.69) is 10.3 Å². The summed E-state index contributed by atoms with van der Waals surface area (Å²) in [4.78, 5) is 4.46. The number of benzene rings is 1. The second-order valence-corrected chi connectivity index (χ2v) is 5.12. The van der Waals surface area contributed by atoms with Gasteiger partial charge in [-0.25, -0.2) is 4.39 Å². The van der Waals surface area contributed by atoms with Crippen molar-refractivity contribution in [2.24, 2.45) is 4.99 Å². The number of fused-ring (bicyclic) bond motifs is 1. The minimum Gasteiger partial charge on any atom is -0.493 e. The molecule has 5 heteroatoms. The zero-order valence-electron chi connectivity index (χ0n) is 11.8. The van der Waals surface area contributed by atoms with Gasteiger partial charge >= 0.3 is 0 Å². The first-order valence-electron chi connectivity index (χ1n) is 6.97. The molecule has 0 radical (unpaired) electrons. The van der Waals surface area contributed by atoms with E-state index in [1.807, 2.05) is 0 Å². The number of amidine groups is 1. The number of hydrogen-bond donors (Lipinski definition) is 1. The second-order valence-electron chi connectivity index (χ2n) is 5.12. The van der Waals surface area contributed by atoms with Gasteiger partial charge in [0.25, 0.3) is 0 Å². The van der Waals surface area contributed by atoms with Gasteiger partial charge in [0.15, 0.2) is 11.5 Å². The molecule has 20 heavy (non-hydrogen) atoms. The lowest BCUT2D eigenvalue weighted by Crippen LogP contribution is -2.29. The van der Waals surface area contributed by atoms with E-state index in [4.69, 9.17) is 9.47 Å². The Balaban J connectivity index is 2.13. The maximum absolute atomic E-state index is 14.5. The number of aliphatic imine (C=N–C) groups is 1. The molecule has 3 rings (SSSR count). The van der Waals surface area contributed by atoms with E-state index in [1.54, 1.807) is 7.11 Å². The number of hydrogen-bond acceptors (Lipinski definition) is 4. The lowest BCUT2D eigenvalue weighted by atomic mass is 9.81. The van der Waals surface area contributed by atoms with E-state index >= 15 is 0 Å². The van der Waals surface area contributed by atoms with Gasteiger partial charge in [-0.1, -0.05) is 0 Å². The summed E-state index contributed by atoms with van der Waals surface area (Å²) < 4.78 is 25.2. The van der Waals surface area contributed by atoms with Crippen molar-refractivity contribution in [3.63, 3.8) is 0 Å². The minimum absolute atomic E-state index is 0.0149. The van der Waals surface area contributed by atoms with Crippen LogP contribution >= 0.6 is 0 Å². The van der Waals surface area contributed by atoms with E-state index in [-0.39, 0.29) is 11.7 Å². The van der Waals surface area contributed by atoms with Crippen molar-refractivity contribution in [1.29, 1.82) is 0 Å². The molecule has 0 spiro atoms. The van der Waals surface area contributed by atoms with Crippen molar-refractivity contribution < 1.29 is 13.9 Å². The Kier molecular flexibility index (Phi) is 3.51. The van der Waals surface area contributed by atoms with E-state index < -0.39 is 0 Å². The molecule has 0 amide bonds. The average Bonchev–Trinajstić information content (AvgIpc) is 3.00. The van der Waals surface area contributed by atoms with Crippen LogP contribution in [0.3, 0.4) is 0 Å². The van der Waals surface area contributed by atoms with Crippen LogP contribution in [0.2, 0.25) is 0 Å². The van der Waals surface area contributed by atoms with E-state index in [1.165, 1.54) is 13.2 Å². The molecule has 0 bridgehead atoms. The highest BCUT2D eigenvalue weighted by Gasteiger charge is 2.32. The molecule has 1 aliphatic heterocycles. The standard InChI is InChI=1S/C15H19FN2O2/c1-19-12-8-11(16)13-9(14(12)20-2)4-3-5-10(13)15-17-6-7-18-15/h8,10H,3-7H2,1-2H3,(H,17,18). The predicted molar refractivity (Wildman–Crippen MR) is 75.5 cm³/mol. The molecular weight excluding hydrogens is 259 g/mol. The average molecular weight is 278 g/mol. The third-order valence-electron chi connectivity index (χ3n) is 4.06. The number of halogens is 1. The van der Waals surface area contributed by atoms with E-state index in [0.29, 0.717) is 11.5 Å². The van der Waals surface area contributed by atoms with Gasteiger partial charge in [-0.05, 0) is 19.3 Å². The molecule has 1 aliphatic carbocycles. The summed E-state index contributed by atoms with van der Waals surface area (Å²) in [5.74, 6) is 1.83. The van der Waals surface area contributed by atoms with Crippen LogP contribution in [-0.4, -0.2) is 33.1 Å². The lowest BCUT2D eigenvalue weighted by molar-refractivity contribution is 0.345. The zero-order chi connectivity index (χ0) is 14.1. The molecule has 1 unspecified atom stereocenters. The van der Waals surface area contributed by atoms with Gasteiger partial charge in [0, 0.05) is 29.7 Å².